The van der Waals surface area contributed by atoms with Gasteiger partial charge in [-0.2, -0.15) is 0 Å². The molecule has 3 rings (SSSR count). The van der Waals surface area contributed by atoms with E-state index in [1.807, 2.05) is 19.1 Å². The highest BCUT2D eigenvalue weighted by Gasteiger charge is 2.22. The number of hydrogen-bond acceptors (Lipinski definition) is 5. The van der Waals surface area contributed by atoms with E-state index in [0.29, 0.717) is 35.7 Å². The van der Waals surface area contributed by atoms with Crippen molar-refractivity contribution >= 4 is 27.3 Å². The third kappa shape index (κ3) is 5.00. The number of carbonyl (C=O) groups is 1. The molecule has 1 aliphatic rings. The second kappa shape index (κ2) is 8.73. The number of hydrogen-bond donors (Lipinski definition) is 1. The highest BCUT2D eigenvalue weighted by Crippen LogP contribution is 2.31. The number of benzene rings is 2. The summed E-state index contributed by atoms with van der Waals surface area (Å²) in [6, 6.07) is 10.4. The molecular weight excluding hydrogens is 392 g/mol. The number of sulfonamides is 1. The Kier molecular flexibility index (Phi) is 6.32. The van der Waals surface area contributed by atoms with Crippen molar-refractivity contribution in [2.24, 2.45) is 0 Å². The van der Waals surface area contributed by atoms with Crippen LogP contribution in [0.3, 0.4) is 0 Å². The quantitative estimate of drug-likeness (QED) is 0.745. The summed E-state index contributed by atoms with van der Waals surface area (Å²) >= 11 is 0. The van der Waals surface area contributed by atoms with Crippen molar-refractivity contribution in [1.82, 2.24) is 0 Å². The molecule has 0 radical (unpaired) electrons. The van der Waals surface area contributed by atoms with Gasteiger partial charge in [0.05, 0.1) is 20.0 Å². The second-order valence-electron chi connectivity index (χ2n) is 6.93. The molecule has 1 amide bonds. The first-order valence-corrected chi connectivity index (χ1v) is 11.2. The molecule has 0 unspecified atom stereocenters. The van der Waals surface area contributed by atoms with Gasteiger partial charge in [0.1, 0.15) is 11.5 Å². The topological polar surface area (TPSA) is 84.9 Å². The number of nitrogens with one attached hydrogen (secondary N) is 1. The van der Waals surface area contributed by atoms with E-state index in [2.05, 4.69) is 4.72 Å². The van der Waals surface area contributed by atoms with Gasteiger partial charge in [0.25, 0.3) is 0 Å². The minimum absolute atomic E-state index is 0.0752. The van der Waals surface area contributed by atoms with Crippen LogP contribution >= 0.6 is 0 Å². The average Bonchev–Trinajstić information content (AvgIpc) is 2.71. The summed E-state index contributed by atoms with van der Waals surface area (Å²) in [4.78, 5) is 13.9. The summed E-state index contributed by atoms with van der Waals surface area (Å²) < 4.78 is 38.4. The molecule has 0 saturated carbocycles. The molecule has 8 heteroatoms. The summed E-state index contributed by atoms with van der Waals surface area (Å²) in [7, 11) is -0.603. The van der Waals surface area contributed by atoms with Gasteiger partial charge in [-0.25, -0.2) is 8.42 Å². The van der Waals surface area contributed by atoms with Gasteiger partial charge in [-0.05, 0) is 54.3 Å². The van der Waals surface area contributed by atoms with Crippen molar-refractivity contribution in [3.05, 3.63) is 47.5 Å². The van der Waals surface area contributed by atoms with Gasteiger partial charge in [-0.15, -0.1) is 0 Å². The van der Waals surface area contributed by atoms with Crippen LogP contribution in [0.5, 0.6) is 11.5 Å². The number of methoxy groups -OCH3 is 2. The van der Waals surface area contributed by atoms with Crippen molar-refractivity contribution < 1.29 is 22.7 Å². The monoisotopic (exact) mass is 418 g/mol. The van der Waals surface area contributed by atoms with Crippen LogP contribution in [0.1, 0.15) is 30.9 Å². The largest absolute Gasteiger partial charge is 0.497 e. The lowest BCUT2D eigenvalue weighted by Crippen LogP contribution is -2.34. The molecule has 2 aromatic rings. The molecule has 0 bridgehead atoms. The Morgan fingerprint density at radius 2 is 1.79 bits per heavy atom. The van der Waals surface area contributed by atoms with E-state index in [4.69, 9.17) is 9.47 Å². The lowest BCUT2D eigenvalue weighted by molar-refractivity contribution is -0.118. The standard InChI is InChI=1S/C21H26N2O5S/c1-4-21(24)23-9-5-6-16-12-17(7-8-20(16)23)22-29(25,26)14-15-10-18(27-2)13-19(11-15)28-3/h7-8,10-13,22H,4-6,9,14H2,1-3H3. The number of carbonyl (C=O) groups excluding carboxylic acids is 1. The second-order valence-corrected chi connectivity index (χ2v) is 8.65. The molecule has 156 valence electrons. The smallest absolute Gasteiger partial charge is 0.236 e. The normalized spacial score (nSPS) is 13.6. The number of nitrogens with zero attached hydrogens (tertiary/aromatic N) is 1. The molecule has 29 heavy (non-hydrogen) atoms. The highest BCUT2D eigenvalue weighted by molar-refractivity contribution is 7.91. The minimum atomic E-state index is -3.64. The Balaban J connectivity index is 1.80. The number of fused-ring (bicyclic) bond motifs is 1. The molecule has 1 N–H and O–H groups in total. The molecule has 7 nitrogen and oxygen atoms in total. The fourth-order valence-electron chi connectivity index (χ4n) is 3.50. The van der Waals surface area contributed by atoms with E-state index < -0.39 is 10.0 Å². The molecule has 0 atom stereocenters. The van der Waals surface area contributed by atoms with E-state index in [1.165, 1.54) is 14.2 Å². The first-order valence-electron chi connectivity index (χ1n) is 9.51. The molecule has 0 fully saturated rings. The zero-order chi connectivity index (χ0) is 21.0. The van der Waals surface area contributed by atoms with Crippen LogP contribution in [0.4, 0.5) is 11.4 Å². The Morgan fingerprint density at radius 1 is 1.10 bits per heavy atom. The van der Waals surface area contributed by atoms with E-state index >= 15 is 0 Å². The summed E-state index contributed by atoms with van der Waals surface area (Å²) in [6.45, 7) is 2.54. The predicted molar refractivity (Wildman–Crippen MR) is 113 cm³/mol. The molecular formula is C21H26N2O5S. The van der Waals surface area contributed by atoms with Gasteiger partial charge in [0, 0.05) is 30.4 Å². The third-order valence-corrected chi connectivity index (χ3v) is 6.10. The minimum Gasteiger partial charge on any atom is -0.497 e. The van der Waals surface area contributed by atoms with Crippen LogP contribution in [0, 0.1) is 0 Å². The van der Waals surface area contributed by atoms with Crippen LogP contribution < -0.4 is 19.1 Å². The van der Waals surface area contributed by atoms with Crippen LogP contribution in [-0.2, 0) is 27.0 Å². The van der Waals surface area contributed by atoms with Crippen LogP contribution in [0.15, 0.2) is 36.4 Å². The molecule has 0 aliphatic carbocycles. The number of rotatable bonds is 7. The van der Waals surface area contributed by atoms with Crippen LogP contribution in [0.2, 0.25) is 0 Å². The molecule has 0 saturated heterocycles. The van der Waals surface area contributed by atoms with Crippen molar-refractivity contribution in [3.63, 3.8) is 0 Å². The van der Waals surface area contributed by atoms with E-state index in [-0.39, 0.29) is 11.7 Å². The molecule has 2 aromatic carbocycles. The summed E-state index contributed by atoms with van der Waals surface area (Å²) in [5, 5.41) is 0. The van der Waals surface area contributed by atoms with Gasteiger partial charge in [0.2, 0.25) is 15.9 Å². The van der Waals surface area contributed by atoms with Crippen LogP contribution in [0.25, 0.3) is 0 Å². The fourth-order valence-corrected chi connectivity index (χ4v) is 4.66. The Hall–Kier alpha value is -2.74. The van der Waals surface area contributed by atoms with Gasteiger partial charge in [-0.1, -0.05) is 6.92 Å². The van der Waals surface area contributed by atoms with E-state index in [9.17, 15) is 13.2 Å². The highest BCUT2D eigenvalue weighted by atomic mass is 32.2. The zero-order valence-corrected chi connectivity index (χ0v) is 17.7. The number of aryl methyl sites for hydroxylation is 1. The van der Waals surface area contributed by atoms with Gasteiger partial charge >= 0.3 is 0 Å². The van der Waals surface area contributed by atoms with Gasteiger partial charge < -0.3 is 14.4 Å². The number of amides is 1. The average molecular weight is 419 g/mol. The van der Waals surface area contributed by atoms with Crippen LogP contribution in [-0.4, -0.2) is 35.1 Å². The summed E-state index contributed by atoms with van der Waals surface area (Å²) in [6.07, 6.45) is 2.11. The Bertz CT molecular complexity index is 982. The van der Waals surface area contributed by atoms with Crippen molar-refractivity contribution in [2.75, 3.05) is 30.4 Å². The van der Waals surface area contributed by atoms with Gasteiger partial charge in [0.15, 0.2) is 0 Å². The molecule has 1 aliphatic heterocycles. The van der Waals surface area contributed by atoms with E-state index in [1.54, 1.807) is 29.2 Å². The molecule has 1 heterocycles. The third-order valence-electron chi connectivity index (χ3n) is 4.84. The summed E-state index contributed by atoms with van der Waals surface area (Å²) in [5.74, 6) is 0.928. The maximum absolute atomic E-state index is 12.7. The Morgan fingerprint density at radius 3 is 2.41 bits per heavy atom. The lowest BCUT2D eigenvalue weighted by atomic mass is 10.0. The first kappa shape index (κ1) is 21.0. The van der Waals surface area contributed by atoms with Crippen molar-refractivity contribution in [2.45, 2.75) is 31.9 Å². The fraction of sp³-hybridized carbons (Fsp3) is 0.381. The van der Waals surface area contributed by atoms with E-state index in [0.717, 1.165) is 24.1 Å². The molecule has 0 aromatic heterocycles. The lowest BCUT2D eigenvalue weighted by Gasteiger charge is -2.29. The van der Waals surface area contributed by atoms with Crippen molar-refractivity contribution in [1.29, 1.82) is 0 Å². The number of ether oxygens (including phenoxy) is 2. The first-order chi connectivity index (χ1) is 13.8. The molecule has 0 spiro atoms. The zero-order valence-electron chi connectivity index (χ0n) is 16.9. The number of anilines is 2. The predicted octanol–water partition coefficient (Wildman–Crippen LogP) is 3.33. The maximum atomic E-state index is 12.7. The van der Waals surface area contributed by atoms with Crippen molar-refractivity contribution in [3.8, 4) is 11.5 Å². The SMILES string of the molecule is CCC(=O)N1CCCc2cc(NS(=O)(=O)Cc3cc(OC)cc(OC)c3)ccc21. The Labute approximate surface area is 171 Å². The maximum Gasteiger partial charge on any atom is 0.236 e. The van der Waals surface area contributed by atoms with Gasteiger partial charge in [-0.3, -0.25) is 9.52 Å². The summed E-state index contributed by atoms with van der Waals surface area (Å²) in [5.41, 5.74) is 2.89.